The zero-order chi connectivity index (χ0) is 12.5. The van der Waals surface area contributed by atoms with Crippen molar-refractivity contribution in [2.75, 3.05) is 0 Å². The molecule has 0 spiro atoms. The van der Waals surface area contributed by atoms with Crippen LogP contribution in [-0.4, -0.2) is 21.0 Å². The predicted octanol–water partition coefficient (Wildman–Crippen LogP) is 2.92. The molecule has 1 saturated carbocycles. The number of carboxylic acids is 1. The summed E-state index contributed by atoms with van der Waals surface area (Å²) in [7, 11) is 0. The Bertz CT molecular complexity index is 576. The van der Waals surface area contributed by atoms with Gasteiger partial charge in [0.15, 0.2) is 0 Å². The van der Waals surface area contributed by atoms with E-state index in [9.17, 15) is 9.90 Å². The van der Waals surface area contributed by atoms with Crippen LogP contribution in [0.25, 0.3) is 11.0 Å². The molecule has 18 heavy (non-hydrogen) atoms. The minimum absolute atomic E-state index is 0.143. The van der Waals surface area contributed by atoms with Crippen molar-refractivity contribution in [3.05, 3.63) is 30.1 Å². The number of carbonyl (C=O) groups is 1. The molecule has 1 aromatic carbocycles. The van der Waals surface area contributed by atoms with Crippen molar-refractivity contribution in [1.29, 1.82) is 0 Å². The SMILES string of the molecule is O=C(O)C1CCCCC1c1ccc2nc[nH]c2c1. The molecule has 3 rings (SSSR count). The summed E-state index contributed by atoms with van der Waals surface area (Å²) in [6, 6.07) is 6.04. The highest BCUT2D eigenvalue weighted by Crippen LogP contribution is 2.38. The molecule has 1 aliphatic rings. The molecule has 4 heteroatoms. The number of H-pyrrole nitrogens is 1. The fraction of sp³-hybridized carbons (Fsp3) is 0.429. The molecule has 1 fully saturated rings. The molecule has 0 bridgehead atoms. The topological polar surface area (TPSA) is 66.0 Å². The predicted molar refractivity (Wildman–Crippen MR) is 68.4 cm³/mol. The van der Waals surface area contributed by atoms with Gasteiger partial charge in [0.2, 0.25) is 0 Å². The van der Waals surface area contributed by atoms with Gasteiger partial charge in [-0.05, 0) is 36.5 Å². The van der Waals surface area contributed by atoms with Crippen LogP contribution in [0.15, 0.2) is 24.5 Å². The largest absolute Gasteiger partial charge is 0.481 e. The first-order valence-corrected chi connectivity index (χ1v) is 6.41. The number of hydrogen-bond acceptors (Lipinski definition) is 2. The Balaban J connectivity index is 1.97. The molecule has 2 N–H and O–H groups in total. The minimum atomic E-state index is -0.663. The van der Waals surface area contributed by atoms with E-state index in [-0.39, 0.29) is 11.8 Å². The van der Waals surface area contributed by atoms with Gasteiger partial charge in [0.25, 0.3) is 0 Å². The monoisotopic (exact) mass is 244 g/mol. The summed E-state index contributed by atoms with van der Waals surface area (Å²) < 4.78 is 0. The number of aromatic nitrogens is 2. The lowest BCUT2D eigenvalue weighted by Gasteiger charge is -2.28. The number of hydrogen-bond donors (Lipinski definition) is 2. The van der Waals surface area contributed by atoms with E-state index in [1.807, 2.05) is 18.2 Å². The normalized spacial score (nSPS) is 24.2. The van der Waals surface area contributed by atoms with Crippen molar-refractivity contribution in [2.24, 2.45) is 5.92 Å². The Kier molecular flexibility index (Phi) is 2.78. The summed E-state index contributed by atoms with van der Waals surface area (Å²) in [4.78, 5) is 18.6. The zero-order valence-electron chi connectivity index (χ0n) is 10.1. The van der Waals surface area contributed by atoms with E-state index in [0.717, 1.165) is 42.3 Å². The van der Waals surface area contributed by atoms with E-state index in [2.05, 4.69) is 9.97 Å². The number of rotatable bonds is 2. The van der Waals surface area contributed by atoms with Gasteiger partial charge in [0, 0.05) is 0 Å². The van der Waals surface area contributed by atoms with Crippen LogP contribution in [0.1, 0.15) is 37.2 Å². The quantitative estimate of drug-likeness (QED) is 0.853. The van der Waals surface area contributed by atoms with Crippen molar-refractivity contribution in [3.8, 4) is 0 Å². The number of aliphatic carboxylic acids is 1. The second kappa shape index (κ2) is 4.44. The van der Waals surface area contributed by atoms with Crippen molar-refractivity contribution in [2.45, 2.75) is 31.6 Å². The second-order valence-corrected chi connectivity index (χ2v) is 5.01. The molecule has 2 atom stereocenters. The highest BCUT2D eigenvalue weighted by atomic mass is 16.4. The molecule has 1 aromatic heterocycles. The standard InChI is InChI=1S/C14H16N2O2/c17-14(18)11-4-2-1-3-10(11)9-5-6-12-13(7-9)16-8-15-12/h5-8,10-11H,1-4H2,(H,15,16)(H,17,18). The Morgan fingerprint density at radius 3 is 3.00 bits per heavy atom. The lowest BCUT2D eigenvalue weighted by Crippen LogP contribution is -2.25. The maximum absolute atomic E-state index is 11.3. The molecular weight excluding hydrogens is 228 g/mol. The van der Waals surface area contributed by atoms with Crippen LogP contribution in [0.2, 0.25) is 0 Å². The third-order valence-electron chi connectivity index (χ3n) is 3.96. The van der Waals surface area contributed by atoms with Crippen LogP contribution < -0.4 is 0 Å². The Morgan fingerprint density at radius 1 is 1.33 bits per heavy atom. The van der Waals surface area contributed by atoms with Gasteiger partial charge in [0.1, 0.15) is 0 Å². The second-order valence-electron chi connectivity index (χ2n) is 5.01. The van der Waals surface area contributed by atoms with Gasteiger partial charge in [-0.25, -0.2) is 4.98 Å². The van der Waals surface area contributed by atoms with Gasteiger partial charge in [-0.15, -0.1) is 0 Å². The molecule has 0 saturated heterocycles. The fourth-order valence-corrected chi connectivity index (χ4v) is 3.01. The Hall–Kier alpha value is -1.84. The highest BCUT2D eigenvalue weighted by Gasteiger charge is 2.31. The average molecular weight is 244 g/mol. The van der Waals surface area contributed by atoms with Crippen molar-refractivity contribution >= 4 is 17.0 Å². The summed E-state index contributed by atoms with van der Waals surface area (Å²) in [5, 5.41) is 9.32. The first-order chi connectivity index (χ1) is 8.75. The fourth-order valence-electron chi connectivity index (χ4n) is 3.01. The molecule has 2 aromatic rings. The van der Waals surface area contributed by atoms with Crippen LogP contribution in [0.5, 0.6) is 0 Å². The Morgan fingerprint density at radius 2 is 2.17 bits per heavy atom. The summed E-state index contributed by atoms with van der Waals surface area (Å²) >= 11 is 0. The number of fused-ring (bicyclic) bond motifs is 1. The maximum atomic E-state index is 11.3. The number of nitrogens with one attached hydrogen (secondary N) is 1. The molecule has 0 amide bonds. The van der Waals surface area contributed by atoms with Gasteiger partial charge < -0.3 is 10.1 Å². The number of nitrogens with zero attached hydrogens (tertiary/aromatic N) is 1. The summed E-state index contributed by atoms with van der Waals surface area (Å²) in [5.41, 5.74) is 3.04. The third kappa shape index (κ3) is 1.88. The lowest BCUT2D eigenvalue weighted by molar-refractivity contribution is -0.143. The summed E-state index contributed by atoms with van der Waals surface area (Å²) in [6.07, 6.45) is 5.58. The smallest absolute Gasteiger partial charge is 0.307 e. The number of carboxylic acid groups (broad SMARTS) is 1. The Labute approximate surface area is 105 Å². The van der Waals surface area contributed by atoms with Gasteiger partial charge in [0.05, 0.1) is 23.3 Å². The van der Waals surface area contributed by atoms with Crippen molar-refractivity contribution in [3.63, 3.8) is 0 Å². The third-order valence-corrected chi connectivity index (χ3v) is 3.96. The zero-order valence-corrected chi connectivity index (χ0v) is 10.1. The number of benzene rings is 1. The summed E-state index contributed by atoms with van der Waals surface area (Å²) in [5.74, 6) is -0.757. The van der Waals surface area contributed by atoms with Crippen LogP contribution in [-0.2, 0) is 4.79 Å². The van der Waals surface area contributed by atoms with E-state index < -0.39 is 5.97 Å². The van der Waals surface area contributed by atoms with Gasteiger partial charge in [-0.2, -0.15) is 0 Å². The number of imidazole rings is 1. The number of aromatic amines is 1. The van der Waals surface area contributed by atoms with E-state index in [0.29, 0.717) is 0 Å². The first-order valence-electron chi connectivity index (χ1n) is 6.41. The van der Waals surface area contributed by atoms with Gasteiger partial charge in [-0.3, -0.25) is 4.79 Å². The summed E-state index contributed by atoms with van der Waals surface area (Å²) in [6.45, 7) is 0. The molecule has 4 nitrogen and oxygen atoms in total. The molecule has 1 aliphatic carbocycles. The molecule has 0 aliphatic heterocycles. The van der Waals surface area contributed by atoms with Crippen LogP contribution in [0, 0.1) is 5.92 Å². The van der Waals surface area contributed by atoms with Crippen molar-refractivity contribution < 1.29 is 9.90 Å². The van der Waals surface area contributed by atoms with Crippen molar-refractivity contribution in [1.82, 2.24) is 9.97 Å². The van der Waals surface area contributed by atoms with Gasteiger partial charge >= 0.3 is 5.97 Å². The maximum Gasteiger partial charge on any atom is 0.307 e. The molecule has 2 unspecified atom stereocenters. The van der Waals surface area contributed by atoms with E-state index in [1.54, 1.807) is 6.33 Å². The minimum Gasteiger partial charge on any atom is -0.481 e. The highest BCUT2D eigenvalue weighted by molar-refractivity contribution is 5.76. The van der Waals surface area contributed by atoms with Crippen LogP contribution in [0.4, 0.5) is 0 Å². The molecule has 94 valence electrons. The first kappa shape index (κ1) is 11.3. The molecular formula is C14H16N2O2. The van der Waals surface area contributed by atoms with Gasteiger partial charge in [-0.1, -0.05) is 18.9 Å². The molecule has 1 heterocycles. The van der Waals surface area contributed by atoms with Crippen LogP contribution >= 0.6 is 0 Å². The lowest BCUT2D eigenvalue weighted by atomic mass is 9.75. The average Bonchev–Trinajstić information content (AvgIpc) is 2.85. The van der Waals surface area contributed by atoms with Crippen LogP contribution in [0.3, 0.4) is 0 Å². The van der Waals surface area contributed by atoms with E-state index in [4.69, 9.17) is 0 Å². The van der Waals surface area contributed by atoms with E-state index >= 15 is 0 Å². The van der Waals surface area contributed by atoms with E-state index in [1.165, 1.54) is 0 Å². The molecule has 0 radical (unpaired) electrons.